The summed E-state index contributed by atoms with van der Waals surface area (Å²) in [6.45, 7) is 4.19. The van der Waals surface area contributed by atoms with Crippen molar-refractivity contribution in [3.63, 3.8) is 0 Å². The standard InChI is InChI=1S/C30H25F3O3/c1-2-3-4-17-35-28-16-5-20(18-27(28)31)19-36-24-12-8-22(9-13-24)26-15-14-25(29(32)30(26)33)21-6-10-23(34)11-7-21/h2,5-16,18,34H,1,3-4,17,19H2. The lowest BCUT2D eigenvalue weighted by Gasteiger charge is -2.11. The highest BCUT2D eigenvalue weighted by Crippen LogP contribution is 2.33. The first kappa shape index (κ1) is 24.9. The summed E-state index contributed by atoms with van der Waals surface area (Å²) in [5.41, 5.74) is 1.81. The largest absolute Gasteiger partial charge is 0.508 e. The number of phenols is 1. The van der Waals surface area contributed by atoms with Crippen LogP contribution >= 0.6 is 0 Å². The van der Waals surface area contributed by atoms with Crippen LogP contribution < -0.4 is 9.47 Å². The van der Waals surface area contributed by atoms with Crippen LogP contribution in [0.3, 0.4) is 0 Å². The first-order chi connectivity index (χ1) is 17.5. The summed E-state index contributed by atoms with van der Waals surface area (Å²) in [4.78, 5) is 0. The number of benzene rings is 4. The number of hydrogen-bond donors (Lipinski definition) is 1. The van der Waals surface area contributed by atoms with Crippen molar-refractivity contribution in [2.45, 2.75) is 19.4 Å². The molecule has 0 aliphatic heterocycles. The maximum atomic E-state index is 14.9. The van der Waals surface area contributed by atoms with Crippen molar-refractivity contribution in [1.82, 2.24) is 0 Å². The Kier molecular flexibility index (Phi) is 7.95. The number of phenolic OH excluding ortho intramolecular Hbond substituents is 1. The average Bonchev–Trinajstić information content (AvgIpc) is 2.89. The topological polar surface area (TPSA) is 38.7 Å². The maximum absolute atomic E-state index is 14.9. The molecule has 3 nitrogen and oxygen atoms in total. The Morgan fingerprint density at radius 3 is 1.94 bits per heavy atom. The third-order valence-corrected chi connectivity index (χ3v) is 5.64. The smallest absolute Gasteiger partial charge is 0.167 e. The maximum Gasteiger partial charge on any atom is 0.167 e. The molecule has 184 valence electrons. The van der Waals surface area contributed by atoms with E-state index in [1.807, 2.05) is 0 Å². The Labute approximate surface area is 208 Å². The van der Waals surface area contributed by atoms with Crippen LogP contribution in [0.5, 0.6) is 17.2 Å². The van der Waals surface area contributed by atoms with Gasteiger partial charge in [0.15, 0.2) is 23.2 Å². The van der Waals surface area contributed by atoms with Gasteiger partial charge in [0.2, 0.25) is 0 Å². The Balaban J connectivity index is 1.41. The summed E-state index contributed by atoms with van der Waals surface area (Å²) in [5.74, 6) is -1.64. The molecule has 0 aliphatic rings. The lowest BCUT2D eigenvalue weighted by Crippen LogP contribution is -2.01. The Morgan fingerprint density at radius 2 is 1.36 bits per heavy atom. The molecule has 4 aromatic carbocycles. The van der Waals surface area contributed by atoms with Crippen LogP contribution in [0, 0.1) is 17.5 Å². The van der Waals surface area contributed by atoms with E-state index in [-0.39, 0.29) is 29.2 Å². The molecular formula is C30H25F3O3. The normalized spacial score (nSPS) is 10.8. The molecule has 0 unspecified atom stereocenters. The highest BCUT2D eigenvalue weighted by Gasteiger charge is 2.16. The highest BCUT2D eigenvalue weighted by molar-refractivity contribution is 5.72. The first-order valence-electron chi connectivity index (χ1n) is 11.5. The third-order valence-electron chi connectivity index (χ3n) is 5.64. The van der Waals surface area contributed by atoms with Crippen LogP contribution in [-0.4, -0.2) is 11.7 Å². The van der Waals surface area contributed by atoms with E-state index < -0.39 is 17.5 Å². The molecule has 0 radical (unpaired) electrons. The van der Waals surface area contributed by atoms with Gasteiger partial charge in [-0.15, -0.1) is 6.58 Å². The molecule has 1 N–H and O–H groups in total. The summed E-state index contributed by atoms with van der Waals surface area (Å²) in [5, 5.41) is 9.41. The van der Waals surface area contributed by atoms with E-state index in [1.54, 1.807) is 42.5 Å². The second-order valence-corrected chi connectivity index (χ2v) is 8.19. The minimum atomic E-state index is -0.964. The summed E-state index contributed by atoms with van der Waals surface area (Å²) in [7, 11) is 0. The van der Waals surface area contributed by atoms with Crippen LogP contribution in [0.2, 0.25) is 0 Å². The van der Waals surface area contributed by atoms with Crippen molar-refractivity contribution < 1.29 is 27.8 Å². The molecule has 0 aliphatic carbocycles. The minimum Gasteiger partial charge on any atom is -0.508 e. The fourth-order valence-electron chi connectivity index (χ4n) is 3.69. The fourth-order valence-corrected chi connectivity index (χ4v) is 3.69. The molecule has 6 heteroatoms. The molecular weight excluding hydrogens is 465 g/mol. The molecule has 0 atom stereocenters. The number of unbranched alkanes of at least 4 members (excludes halogenated alkanes) is 1. The summed E-state index contributed by atoms with van der Waals surface area (Å²) in [6.07, 6.45) is 3.36. The number of allylic oxidation sites excluding steroid dienone is 1. The van der Waals surface area contributed by atoms with Gasteiger partial charge in [-0.25, -0.2) is 13.2 Å². The lowest BCUT2D eigenvalue weighted by atomic mass is 9.98. The fraction of sp³-hybridized carbons (Fsp3) is 0.133. The van der Waals surface area contributed by atoms with Crippen LogP contribution in [0.15, 0.2) is 91.5 Å². The van der Waals surface area contributed by atoms with Gasteiger partial charge < -0.3 is 14.6 Å². The van der Waals surface area contributed by atoms with Crippen molar-refractivity contribution in [3.8, 4) is 39.5 Å². The number of halogens is 3. The molecule has 0 bridgehead atoms. The van der Waals surface area contributed by atoms with E-state index in [2.05, 4.69) is 6.58 Å². The van der Waals surface area contributed by atoms with Gasteiger partial charge in [-0.2, -0.15) is 0 Å². The number of aromatic hydroxyl groups is 1. The zero-order chi connectivity index (χ0) is 25.5. The van der Waals surface area contributed by atoms with Crippen LogP contribution in [0.25, 0.3) is 22.3 Å². The zero-order valence-electron chi connectivity index (χ0n) is 19.5. The third kappa shape index (κ3) is 5.89. The molecule has 0 aromatic heterocycles. The molecule has 0 saturated carbocycles. The molecule has 4 rings (SSSR count). The van der Waals surface area contributed by atoms with Gasteiger partial charge >= 0.3 is 0 Å². The van der Waals surface area contributed by atoms with Gasteiger partial charge in [0.05, 0.1) is 6.61 Å². The van der Waals surface area contributed by atoms with Gasteiger partial charge in [-0.3, -0.25) is 0 Å². The quantitative estimate of drug-likeness (QED) is 0.180. The highest BCUT2D eigenvalue weighted by atomic mass is 19.2. The van der Waals surface area contributed by atoms with Gasteiger partial charge in [-0.05, 0) is 65.9 Å². The Hall–Kier alpha value is -4.19. The van der Waals surface area contributed by atoms with Crippen LogP contribution in [0.1, 0.15) is 18.4 Å². The van der Waals surface area contributed by atoms with Gasteiger partial charge in [0.25, 0.3) is 0 Å². The van der Waals surface area contributed by atoms with Gasteiger partial charge in [0, 0.05) is 11.1 Å². The average molecular weight is 491 g/mol. The van der Waals surface area contributed by atoms with E-state index in [0.717, 1.165) is 12.8 Å². The Bertz CT molecular complexity index is 1330. The predicted molar refractivity (Wildman–Crippen MR) is 135 cm³/mol. The van der Waals surface area contributed by atoms with Crippen molar-refractivity contribution in [2.24, 2.45) is 0 Å². The SMILES string of the molecule is C=CCCCOc1ccc(COc2ccc(-c3ccc(-c4ccc(O)cc4)c(F)c3F)cc2)cc1F. The summed E-state index contributed by atoms with van der Waals surface area (Å²) >= 11 is 0. The van der Waals surface area contributed by atoms with Crippen LogP contribution in [-0.2, 0) is 6.61 Å². The molecule has 0 saturated heterocycles. The van der Waals surface area contributed by atoms with Crippen molar-refractivity contribution in [1.29, 1.82) is 0 Å². The molecule has 0 spiro atoms. The molecule has 0 fully saturated rings. The summed E-state index contributed by atoms with van der Waals surface area (Å²) < 4.78 is 55.1. The zero-order valence-corrected chi connectivity index (χ0v) is 19.5. The monoisotopic (exact) mass is 490 g/mol. The minimum absolute atomic E-state index is 0.0460. The van der Waals surface area contributed by atoms with E-state index in [4.69, 9.17) is 9.47 Å². The van der Waals surface area contributed by atoms with E-state index in [1.165, 1.54) is 42.5 Å². The Morgan fingerprint density at radius 1 is 0.750 bits per heavy atom. The number of ether oxygens (including phenoxy) is 2. The van der Waals surface area contributed by atoms with Crippen molar-refractivity contribution in [2.75, 3.05) is 6.61 Å². The number of hydrogen-bond acceptors (Lipinski definition) is 3. The molecule has 4 aromatic rings. The lowest BCUT2D eigenvalue weighted by molar-refractivity contribution is 0.292. The predicted octanol–water partition coefficient (Wildman–Crippen LogP) is 8.07. The molecule has 36 heavy (non-hydrogen) atoms. The molecule has 0 heterocycles. The number of rotatable bonds is 10. The van der Waals surface area contributed by atoms with Gasteiger partial charge in [-0.1, -0.05) is 48.5 Å². The second-order valence-electron chi connectivity index (χ2n) is 8.19. The van der Waals surface area contributed by atoms with E-state index >= 15 is 0 Å². The summed E-state index contributed by atoms with van der Waals surface area (Å²) in [6, 6.07) is 20.1. The van der Waals surface area contributed by atoms with Crippen LogP contribution in [0.4, 0.5) is 13.2 Å². The molecule has 0 amide bonds. The first-order valence-corrected chi connectivity index (χ1v) is 11.5. The van der Waals surface area contributed by atoms with E-state index in [9.17, 15) is 18.3 Å². The van der Waals surface area contributed by atoms with E-state index in [0.29, 0.717) is 29.0 Å². The van der Waals surface area contributed by atoms with Gasteiger partial charge in [0.1, 0.15) is 18.1 Å². The second kappa shape index (κ2) is 11.5. The van der Waals surface area contributed by atoms with Crippen molar-refractivity contribution in [3.05, 3.63) is 115 Å². The van der Waals surface area contributed by atoms with Crippen molar-refractivity contribution >= 4 is 0 Å².